The molecule has 0 fully saturated rings. The van der Waals surface area contributed by atoms with Crippen molar-refractivity contribution in [3.8, 4) is 5.69 Å². The van der Waals surface area contributed by atoms with Crippen LogP contribution in [0.3, 0.4) is 0 Å². The Morgan fingerprint density at radius 1 is 1.29 bits per heavy atom. The van der Waals surface area contributed by atoms with Crippen LogP contribution in [0.1, 0.15) is 46.9 Å². The number of hydrogen-bond donors (Lipinski definition) is 2. The third-order valence-electron chi connectivity index (χ3n) is 4.03. The second-order valence-corrected chi connectivity index (χ2v) is 6.00. The third kappa shape index (κ3) is 3.64. The van der Waals surface area contributed by atoms with E-state index in [-0.39, 0.29) is 0 Å². The van der Waals surface area contributed by atoms with Gasteiger partial charge in [0, 0.05) is 0 Å². The molecule has 0 aliphatic carbocycles. The highest BCUT2D eigenvalue weighted by molar-refractivity contribution is 5.97. The number of nitrogens with one attached hydrogen (secondary N) is 1. The Kier molecular flexibility index (Phi) is 5.39. The van der Waals surface area contributed by atoms with Crippen molar-refractivity contribution < 1.29 is 14.7 Å². The number of carboxylic acid groups (broad SMARTS) is 1. The Bertz CT molecular complexity index is 765. The van der Waals surface area contributed by atoms with Gasteiger partial charge >= 0.3 is 5.97 Å². The fourth-order valence-corrected chi connectivity index (χ4v) is 2.61. The number of aromatic nitrogens is 2. The highest BCUT2D eigenvalue weighted by Gasteiger charge is 2.22. The molecule has 0 spiro atoms. The van der Waals surface area contributed by atoms with Crippen molar-refractivity contribution >= 4 is 11.9 Å². The summed E-state index contributed by atoms with van der Waals surface area (Å²) in [5.41, 5.74) is 4.13. The maximum Gasteiger partial charge on any atom is 0.326 e. The molecular weight excluding hydrogens is 306 g/mol. The Morgan fingerprint density at radius 2 is 2.00 bits per heavy atom. The number of rotatable bonds is 6. The van der Waals surface area contributed by atoms with E-state index in [0.717, 1.165) is 16.8 Å². The molecule has 0 aliphatic rings. The summed E-state index contributed by atoms with van der Waals surface area (Å²) in [5, 5.41) is 16.1. The summed E-state index contributed by atoms with van der Waals surface area (Å²) in [6, 6.07) is 5.15. The summed E-state index contributed by atoms with van der Waals surface area (Å²) in [6.07, 6.45) is 2.56. The molecule has 0 aliphatic heterocycles. The molecule has 2 N–H and O–H groups in total. The van der Waals surface area contributed by atoms with E-state index in [9.17, 15) is 14.7 Å². The van der Waals surface area contributed by atoms with E-state index in [0.29, 0.717) is 24.1 Å². The van der Waals surface area contributed by atoms with Gasteiger partial charge in [-0.05, 0) is 44.4 Å². The summed E-state index contributed by atoms with van der Waals surface area (Å²) in [7, 11) is 0. The average molecular weight is 329 g/mol. The summed E-state index contributed by atoms with van der Waals surface area (Å²) in [5.74, 6) is -1.44. The zero-order valence-electron chi connectivity index (χ0n) is 14.5. The molecule has 1 aromatic carbocycles. The number of carbonyl (C=O) groups excluding carboxylic acids is 1. The van der Waals surface area contributed by atoms with Crippen molar-refractivity contribution in [1.29, 1.82) is 0 Å². The first-order chi connectivity index (χ1) is 11.3. The van der Waals surface area contributed by atoms with E-state index in [2.05, 4.69) is 10.4 Å². The van der Waals surface area contributed by atoms with E-state index in [1.165, 1.54) is 6.20 Å². The normalized spacial score (nSPS) is 12.0. The number of nitrogens with zero attached hydrogens (tertiary/aromatic N) is 2. The van der Waals surface area contributed by atoms with Gasteiger partial charge in [0.15, 0.2) is 0 Å². The van der Waals surface area contributed by atoms with Crippen LogP contribution in [0.15, 0.2) is 24.4 Å². The van der Waals surface area contributed by atoms with Crippen LogP contribution < -0.4 is 5.32 Å². The largest absolute Gasteiger partial charge is 0.480 e. The van der Waals surface area contributed by atoms with Crippen molar-refractivity contribution in [2.45, 2.75) is 46.6 Å². The van der Waals surface area contributed by atoms with Crippen LogP contribution in [-0.4, -0.2) is 32.8 Å². The van der Waals surface area contributed by atoms with Crippen LogP contribution in [0.5, 0.6) is 0 Å². The van der Waals surface area contributed by atoms with E-state index >= 15 is 0 Å². The van der Waals surface area contributed by atoms with Crippen molar-refractivity contribution in [3.63, 3.8) is 0 Å². The zero-order chi connectivity index (χ0) is 17.9. The van der Waals surface area contributed by atoms with Crippen molar-refractivity contribution in [3.05, 3.63) is 46.8 Å². The molecular formula is C18H23N3O3. The Balaban J connectivity index is 2.31. The molecule has 1 unspecified atom stereocenters. The molecule has 128 valence electrons. The standard InChI is InChI=1S/C18H23N3O3/c1-5-6-15(18(23)24)20-17(22)14-10-19-21(13(14)4)16-9-11(2)7-8-12(16)3/h7-10,15H,5-6H2,1-4H3,(H,20,22)(H,23,24). The van der Waals surface area contributed by atoms with E-state index in [1.54, 1.807) is 11.6 Å². The Morgan fingerprint density at radius 3 is 2.62 bits per heavy atom. The summed E-state index contributed by atoms with van der Waals surface area (Å²) >= 11 is 0. The van der Waals surface area contributed by atoms with Gasteiger partial charge in [-0.2, -0.15) is 5.10 Å². The quantitative estimate of drug-likeness (QED) is 0.853. The Hall–Kier alpha value is -2.63. The summed E-state index contributed by atoms with van der Waals surface area (Å²) < 4.78 is 1.72. The highest BCUT2D eigenvalue weighted by Crippen LogP contribution is 2.19. The first-order valence-electron chi connectivity index (χ1n) is 8.01. The molecule has 2 rings (SSSR count). The van der Waals surface area contributed by atoms with Gasteiger partial charge in [0.25, 0.3) is 5.91 Å². The van der Waals surface area contributed by atoms with Gasteiger partial charge in [-0.25, -0.2) is 9.48 Å². The number of hydrogen-bond acceptors (Lipinski definition) is 3. The highest BCUT2D eigenvalue weighted by atomic mass is 16.4. The molecule has 0 saturated carbocycles. The lowest BCUT2D eigenvalue weighted by atomic mass is 10.1. The number of amides is 1. The first kappa shape index (κ1) is 17.7. The maximum atomic E-state index is 12.4. The van der Waals surface area contributed by atoms with Crippen LogP contribution in [0.25, 0.3) is 5.69 Å². The molecule has 1 aromatic heterocycles. The molecule has 0 bridgehead atoms. The fourth-order valence-electron chi connectivity index (χ4n) is 2.61. The van der Waals surface area contributed by atoms with Gasteiger partial charge in [-0.15, -0.1) is 0 Å². The minimum Gasteiger partial charge on any atom is -0.480 e. The lowest BCUT2D eigenvalue weighted by Gasteiger charge is -2.13. The molecule has 0 saturated heterocycles. The molecule has 0 radical (unpaired) electrons. The third-order valence-corrected chi connectivity index (χ3v) is 4.03. The van der Waals surface area contributed by atoms with Crippen LogP contribution in [0, 0.1) is 20.8 Å². The lowest BCUT2D eigenvalue weighted by Crippen LogP contribution is -2.40. The van der Waals surface area contributed by atoms with Crippen molar-refractivity contribution in [1.82, 2.24) is 15.1 Å². The number of carbonyl (C=O) groups is 2. The van der Waals surface area contributed by atoms with Gasteiger partial charge in [0.05, 0.1) is 23.1 Å². The molecule has 2 aromatic rings. The second kappa shape index (κ2) is 7.29. The van der Waals surface area contributed by atoms with Gasteiger partial charge in [0.1, 0.15) is 6.04 Å². The van der Waals surface area contributed by atoms with Crippen LogP contribution in [0.4, 0.5) is 0 Å². The monoisotopic (exact) mass is 329 g/mol. The molecule has 1 atom stereocenters. The zero-order valence-corrected chi connectivity index (χ0v) is 14.5. The smallest absolute Gasteiger partial charge is 0.326 e. The van der Waals surface area contributed by atoms with Crippen LogP contribution >= 0.6 is 0 Å². The molecule has 1 amide bonds. The average Bonchev–Trinajstić information content (AvgIpc) is 2.90. The SMILES string of the molecule is CCCC(NC(=O)c1cnn(-c2cc(C)ccc2C)c1C)C(=O)O. The van der Waals surface area contributed by atoms with Gasteiger partial charge in [-0.3, -0.25) is 4.79 Å². The minimum atomic E-state index is -1.02. The van der Waals surface area contributed by atoms with E-state index in [1.807, 2.05) is 39.0 Å². The second-order valence-electron chi connectivity index (χ2n) is 6.00. The van der Waals surface area contributed by atoms with Gasteiger partial charge < -0.3 is 10.4 Å². The number of benzene rings is 1. The summed E-state index contributed by atoms with van der Waals surface area (Å²) in [4.78, 5) is 23.6. The molecule has 6 heteroatoms. The molecule has 6 nitrogen and oxygen atoms in total. The van der Waals surface area contributed by atoms with Gasteiger partial charge in [-0.1, -0.05) is 25.5 Å². The molecule has 24 heavy (non-hydrogen) atoms. The predicted molar refractivity (Wildman–Crippen MR) is 91.6 cm³/mol. The van der Waals surface area contributed by atoms with Crippen molar-refractivity contribution in [2.24, 2.45) is 0 Å². The fraction of sp³-hybridized carbons (Fsp3) is 0.389. The first-order valence-corrected chi connectivity index (χ1v) is 8.01. The van der Waals surface area contributed by atoms with Crippen molar-refractivity contribution in [2.75, 3.05) is 0 Å². The maximum absolute atomic E-state index is 12.4. The van der Waals surface area contributed by atoms with E-state index < -0.39 is 17.9 Å². The van der Waals surface area contributed by atoms with Crippen LogP contribution in [0.2, 0.25) is 0 Å². The predicted octanol–water partition coefficient (Wildman–Crippen LogP) is 2.78. The topological polar surface area (TPSA) is 84.2 Å². The lowest BCUT2D eigenvalue weighted by molar-refractivity contribution is -0.139. The van der Waals surface area contributed by atoms with Crippen LogP contribution in [-0.2, 0) is 4.79 Å². The van der Waals surface area contributed by atoms with E-state index in [4.69, 9.17) is 0 Å². The minimum absolute atomic E-state index is 0.387. The van der Waals surface area contributed by atoms with Gasteiger partial charge in [0.2, 0.25) is 0 Å². The number of aryl methyl sites for hydroxylation is 2. The molecule has 1 heterocycles. The Labute approximate surface area is 141 Å². The summed E-state index contributed by atoms with van der Waals surface area (Å²) in [6.45, 7) is 7.67. The number of carboxylic acids is 1. The number of aliphatic carboxylic acids is 1.